The number of hydrogen-bond acceptors (Lipinski definition) is 2. The van der Waals surface area contributed by atoms with E-state index in [0.717, 1.165) is 0 Å². The lowest BCUT2D eigenvalue weighted by molar-refractivity contribution is 1.17. The fourth-order valence-corrected chi connectivity index (χ4v) is 2.80. The number of hydrogen-bond donors (Lipinski definition) is 1. The number of pyridine rings is 1. The summed E-state index contributed by atoms with van der Waals surface area (Å²) in [5.41, 5.74) is 1.45. The largest absolute Gasteiger partial charge is 0.328 e. The van der Waals surface area contributed by atoms with Crippen molar-refractivity contribution in [1.29, 1.82) is 5.26 Å². The number of aromatic nitrogens is 1. The summed E-state index contributed by atoms with van der Waals surface area (Å²) < 4.78 is 0. The van der Waals surface area contributed by atoms with E-state index in [-0.39, 0.29) is 12.0 Å². The molecule has 0 atom stereocenters. The van der Waals surface area contributed by atoms with Crippen LogP contribution in [-0.4, -0.2) is 4.98 Å². The van der Waals surface area contributed by atoms with Gasteiger partial charge in [0.25, 0.3) is 0 Å². The standard InChI is InChI=1S/C13H7Cl3N2O/c14-8-4-10(15)13(11(16)5-8)9-6-18-12(19)3-7(9)1-2-17/h3-6H,1H2,(H,18,19). The molecule has 1 aromatic carbocycles. The second-order valence-corrected chi connectivity index (χ2v) is 5.07. The molecule has 0 unspecified atom stereocenters. The fraction of sp³-hybridized carbons (Fsp3) is 0.0769. The Kier molecular flexibility index (Phi) is 4.16. The van der Waals surface area contributed by atoms with Crippen LogP contribution in [0, 0.1) is 11.3 Å². The van der Waals surface area contributed by atoms with E-state index in [0.29, 0.717) is 31.8 Å². The van der Waals surface area contributed by atoms with Gasteiger partial charge in [0.05, 0.1) is 22.5 Å². The van der Waals surface area contributed by atoms with Crippen LogP contribution in [-0.2, 0) is 6.42 Å². The SMILES string of the molecule is N#CCc1cc(=O)[nH]cc1-c1c(Cl)cc(Cl)cc1Cl. The van der Waals surface area contributed by atoms with Crippen molar-refractivity contribution in [2.75, 3.05) is 0 Å². The van der Waals surface area contributed by atoms with Gasteiger partial charge in [0.2, 0.25) is 5.56 Å². The molecular weight excluding hydrogens is 307 g/mol. The van der Waals surface area contributed by atoms with Crippen LogP contribution in [0.15, 0.2) is 29.2 Å². The second-order valence-electron chi connectivity index (χ2n) is 3.82. The Morgan fingerprint density at radius 3 is 2.37 bits per heavy atom. The maximum atomic E-state index is 11.3. The maximum absolute atomic E-state index is 11.3. The van der Waals surface area contributed by atoms with E-state index in [1.165, 1.54) is 12.3 Å². The van der Waals surface area contributed by atoms with E-state index in [4.69, 9.17) is 40.1 Å². The van der Waals surface area contributed by atoms with E-state index < -0.39 is 0 Å². The number of nitriles is 1. The van der Waals surface area contributed by atoms with Gasteiger partial charge in [-0.1, -0.05) is 34.8 Å². The molecule has 0 aliphatic carbocycles. The van der Waals surface area contributed by atoms with E-state index in [9.17, 15) is 4.79 Å². The lowest BCUT2D eigenvalue weighted by Gasteiger charge is -2.11. The molecule has 2 rings (SSSR count). The monoisotopic (exact) mass is 312 g/mol. The second kappa shape index (κ2) is 5.66. The van der Waals surface area contributed by atoms with Crippen LogP contribution in [0.4, 0.5) is 0 Å². The summed E-state index contributed by atoms with van der Waals surface area (Å²) in [5, 5.41) is 9.97. The van der Waals surface area contributed by atoms with Crippen molar-refractivity contribution < 1.29 is 0 Å². The van der Waals surface area contributed by atoms with Gasteiger partial charge in [0, 0.05) is 28.4 Å². The van der Waals surface area contributed by atoms with Gasteiger partial charge < -0.3 is 4.98 Å². The Bertz CT molecular complexity index is 708. The first-order valence-electron chi connectivity index (χ1n) is 5.26. The summed E-state index contributed by atoms with van der Waals surface area (Å²) in [7, 11) is 0. The molecule has 0 bridgehead atoms. The molecule has 6 heteroatoms. The van der Waals surface area contributed by atoms with E-state index in [1.54, 1.807) is 12.1 Å². The van der Waals surface area contributed by atoms with Gasteiger partial charge in [-0.3, -0.25) is 4.79 Å². The zero-order valence-corrected chi connectivity index (χ0v) is 11.8. The van der Waals surface area contributed by atoms with Crippen molar-refractivity contribution in [2.24, 2.45) is 0 Å². The summed E-state index contributed by atoms with van der Waals surface area (Å²) >= 11 is 18.1. The smallest absolute Gasteiger partial charge is 0.248 e. The highest BCUT2D eigenvalue weighted by atomic mass is 35.5. The Morgan fingerprint density at radius 1 is 1.16 bits per heavy atom. The van der Waals surface area contributed by atoms with Gasteiger partial charge in [0.15, 0.2) is 0 Å². The van der Waals surface area contributed by atoms with Crippen molar-refractivity contribution in [1.82, 2.24) is 4.98 Å². The van der Waals surface area contributed by atoms with E-state index >= 15 is 0 Å². The lowest BCUT2D eigenvalue weighted by Crippen LogP contribution is -2.06. The minimum absolute atomic E-state index is 0.0918. The Labute approximate surface area is 124 Å². The molecule has 0 saturated carbocycles. The Balaban J connectivity index is 2.72. The van der Waals surface area contributed by atoms with Crippen molar-refractivity contribution in [3.8, 4) is 17.2 Å². The number of benzene rings is 1. The number of rotatable bonds is 2. The summed E-state index contributed by atoms with van der Waals surface area (Å²) in [6.07, 6.45) is 1.59. The number of halogens is 3. The first-order valence-corrected chi connectivity index (χ1v) is 6.40. The van der Waals surface area contributed by atoms with Crippen LogP contribution >= 0.6 is 34.8 Å². The molecule has 2 aromatic rings. The summed E-state index contributed by atoms with van der Waals surface area (Å²) in [6, 6.07) is 6.49. The summed E-state index contributed by atoms with van der Waals surface area (Å²) in [5.74, 6) is 0. The van der Waals surface area contributed by atoms with Crippen molar-refractivity contribution in [2.45, 2.75) is 6.42 Å². The van der Waals surface area contributed by atoms with Crippen molar-refractivity contribution >= 4 is 34.8 Å². The van der Waals surface area contributed by atoms with Crippen LogP contribution < -0.4 is 5.56 Å². The van der Waals surface area contributed by atoms with Crippen LogP contribution in [0.3, 0.4) is 0 Å². The Hall–Kier alpha value is -1.47. The molecule has 0 aliphatic heterocycles. The highest BCUT2D eigenvalue weighted by Gasteiger charge is 2.14. The van der Waals surface area contributed by atoms with Crippen LogP contribution in [0.1, 0.15) is 5.56 Å². The molecule has 1 N–H and O–H groups in total. The molecule has 0 aliphatic rings. The highest BCUT2D eigenvalue weighted by molar-refractivity contribution is 6.41. The van der Waals surface area contributed by atoms with Gasteiger partial charge in [-0.2, -0.15) is 5.26 Å². The molecule has 0 amide bonds. The molecule has 19 heavy (non-hydrogen) atoms. The van der Waals surface area contributed by atoms with E-state index in [1.807, 2.05) is 6.07 Å². The van der Waals surface area contributed by atoms with Gasteiger partial charge in [-0.15, -0.1) is 0 Å². The minimum Gasteiger partial charge on any atom is -0.328 e. The van der Waals surface area contributed by atoms with Crippen LogP contribution in [0.5, 0.6) is 0 Å². The first kappa shape index (κ1) is 14.0. The molecule has 1 heterocycles. The molecule has 3 nitrogen and oxygen atoms in total. The molecule has 0 fully saturated rings. The fourth-order valence-electron chi connectivity index (χ4n) is 1.78. The highest BCUT2D eigenvalue weighted by Crippen LogP contribution is 2.38. The third-order valence-corrected chi connectivity index (χ3v) is 3.37. The third-order valence-electron chi connectivity index (χ3n) is 2.56. The predicted molar refractivity (Wildman–Crippen MR) is 76.8 cm³/mol. The zero-order valence-electron chi connectivity index (χ0n) is 9.51. The van der Waals surface area contributed by atoms with Crippen molar-refractivity contribution in [3.05, 3.63) is 55.4 Å². The molecule has 1 aromatic heterocycles. The lowest BCUT2D eigenvalue weighted by atomic mass is 10.0. The summed E-state index contributed by atoms with van der Waals surface area (Å²) in [4.78, 5) is 13.9. The zero-order chi connectivity index (χ0) is 14.0. The van der Waals surface area contributed by atoms with Gasteiger partial charge in [-0.05, 0) is 17.7 Å². The number of H-pyrrole nitrogens is 1. The minimum atomic E-state index is -0.282. The average molecular weight is 314 g/mol. The van der Waals surface area contributed by atoms with Crippen LogP contribution in [0.2, 0.25) is 15.1 Å². The quantitative estimate of drug-likeness (QED) is 0.908. The van der Waals surface area contributed by atoms with E-state index in [2.05, 4.69) is 4.98 Å². The normalized spacial score (nSPS) is 10.2. The molecule has 0 saturated heterocycles. The third kappa shape index (κ3) is 2.93. The van der Waals surface area contributed by atoms with Crippen LogP contribution in [0.25, 0.3) is 11.1 Å². The average Bonchev–Trinajstić information content (AvgIpc) is 2.31. The topological polar surface area (TPSA) is 56.6 Å². The first-order chi connectivity index (χ1) is 9.02. The molecular formula is C13H7Cl3N2O. The molecule has 0 radical (unpaired) electrons. The van der Waals surface area contributed by atoms with Gasteiger partial charge in [-0.25, -0.2) is 0 Å². The maximum Gasteiger partial charge on any atom is 0.248 e. The Morgan fingerprint density at radius 2 is 1.79 bits per heavy atom. The number of nitrogens with one attached hydrogen (secondary N) is 1. The van der Waals surface area contributed by atoms with Gasteiger partial charge >= 0.3 is 0 Å². The van der Waals surface area contributed by atoms with Crippen molar-refractivity contribution in [3.63, 3.8) is 0 Å². The number of aromatic amines is 1. The molecule has 0 spiro atoms. The predicted octanol–water partition coefficient (Wildman–Crippen LogP) is 4.07. The number of nitrogens with zero attached hydrogens (tertiary/aromatic N) is 1. The molecule has 96 valence electrons. The summed E-state index contributed by atoms with van der Waals surface area (Å²) in [6.45, 7) is 0. The van der Waals surface area contributed by atoms with Gasteiger partial charge in [0.1, 0.15) is 0 Å².